The summed E-state index contributed by atoms with van der Waals surface area (Å²) in [7, 11) is 0. The Morgan fingerprint density at radius 3 is 1.17 bits per heavy atom. The lowest BCUT2D eigenvalue weighted by Gasteiger charge is -2.18. The zero-order valence-electron chi connectivity index (χ0n) is 44.0. The van der Waals surface area contributed by atoms with Gasteiger partial charge >= 0.3 is 17.9 Å². The Balaban J connectivity index is 4.61. The normalized spacial score (nSPS) is 13.3. The molecule has 6 heteroatoms. The molecule has 0 saturated heterocycles. The molecule has 0 aromatic carbocycles. The zero-order valence-corrected chi connectivity index (χ0v) is 44.0. The predicted octanol–water partition coefficient (Wildman–Crippen LogP) is 18.4. The van der Waals surface area contributed by atoms with Gasteiger partial charge in [-0.05, 0) is 103 Å². The first-order chi connectivity index (χ1) is 34.0. The van der Waals surface area contributed by atoms with Crippen LogP contribution in [-0.2, 0) is 28.6 Å². The molecule has 0 spiro atoms. The van der Waals surface area contributed by atoms with Crippen LogP contribution in [0.1, 0.15) is 213 Å². The highest BCUT2D eigenvalue weighted by molar-refractivity contribution is 5.71. The molecule has 0 aliphatic rings. The maximum Gasteiger partial charge on any atom is 0.306 e. The second-order valence-corrected chi connectivity index (χ2v) is 17.5. The monoisotopic (exact) mass is 951 g/mol. The molecular formula is C63H98O6. The van der Waals surface area contributed by atoms with E-state index in [0.29, 0.717) is 12.8 Å². The van der Waals surface area contributed by atoms with Gasteiger partial charge in [-0.3, -0.25) is 14.4 Å². The van der Waals surface area contributed by atoms with Crippen molar-refractivity contribution in [3.05, 3.63) is 146 Å². The van der Waals surface area contributed by atoms with Crippen molar-refractivity contribution >= 4 is 17.9 Å². The largest absolute Gasteiger partial charge is 0.462 e. The second-order valence-electron chi connectivity index (χ2n) is 17.5. The summed E-state index contributed by atoms with van der Waals surface area (Å²) in [5.41, 5.74) is 0. The molecule has 0 N–H and O–H groups in total. The second kappa shape index (κ2) is 55.9. The summed E-state index contributed by atoms with van der Waals surface area (Å²) in [5, 5.41) is 0. The predicted molar refractivity (Wildman–Crippen MR) is 297 cm³/mol. The lowest BCUT2D eigenvalue weighted by molar-refractivity contribution is -0.166. The minimum absolute atomic E-state index is 0.126. The van der Waals surface area contributed by atoms with Gasteiger partial charge in [-0.1, -0.05) is 237 Å². The molecule has 0 heterocycles. The summed E-state index contributed by atoms with van der Waals surface area (Å²) in [5.74, 6) is -1.06. The van der Waals surface area contributed by atoms with Crippen LogP contribution in [0.2, 0.25) is 0 Å². The van der Waals surface area contributed by atoms with Gasteiger partial charge in [0.25, 0.3) is 0 Å². The lowest BCUT2D eigenvalue weighted by Crippen LogP contribution is -2.30. The molecule has 0 radical (unpaired) electrons. The van der Waals surface area contributed by atoms with Crippen LogP contribution in [0.15, 0.2) is 146 Å². The van der Waals surface area contributed by atoms with Crippen LogP contribution in [0.5, 0.6) is 0 Å². The summed E-state index contributed by atoms with van der Waals surface area (Å²) in [6.07, 6.45) is 79.8. The number of ether oxygens (including phenoxy) is 3. The van der Waals surface area contributed by atoms with E-state index in [1.54, 1.807) is 0 Å². The third-order valence-electron chi connectivity index (χ3n) is 10.9. The minimum Gasteiger partial charge on any atom is -0.462 e. The highest BCUT2D eigenvalue weighted by atomic mass is 16.6. The van der Waals surface area contributed by atoms with Gasteiger partial charge in [0.2, 0.25) is 0 Å². The van der Waals surface area contributed by atoms with E-state index in [1.807, 2.05) is 48.6 Å². The van der Waals surface area contributed by atoms with Crippen molar-refractivity contribution in [2.45, 2.75) is 219 Å². The van der Waals surface area contributed by atoms with E-state index in [1.165, 1.54) is 51.4 Å². The summed E-state index contributed by atoms with van der Waals surface area (Å²) < 4.78 is 16.7. The van der Waals surface area contributed by atoms with Crippen molar-refractivity contribution in [1.82, 2.24) is 0 Å². The Labute approximate surface area is 423 Å². The van der Waals surface area contributed by atoms with Crippen molar-refractivity contribution in [2.24, 2.45) is 0 Å². The maximum atomic E-state index is 12.8. The molecule has 386 valence electrons. The SMILES string of the molecule is CC/C=C\C/C=C\C/C=C\C/C=C\C/C=C\C/C=C\CCC(=O)OCC(COC(=O)CCCCC/C=C\CCCCCCCCC)OC(=O)CCCCCCC\C=C/C=C\C=C/C=C\C=C/CCC. The van der Waals surface area contributed by atoms with Gasteiger partial charge in [0.1, 0.15) is 13.2 Å². The van der Waals surface area contributed by atoms with Crippen LogP contribution in [0.4, 0.5) is 0 Å². The number of hydrogen-bond donors (Lipinski definition) is 0. The van der Waals surface area contributed by atoms with Crippen LogP contribution in [0.25, 0.3) is 0 Å². The van der Waals surface area contributed by atoms with Gasteiger partial charge in [0.05, 0.1) is 0 Å². The van der Waals surface area contributed by atoms with Crippen LogP contribution >= 0.6 is 0 Å². The summed E-state index contributed by atoms with van der Waals surface area (Å²) in [6, 6.07) is 0. The number of unbranched alkanes of at least 4 members (excludes halogenated alkanes) is 16. The first-order valence-electron chi connectivity index (χ1n) is 27.4. The molecule has 0 rings (SSSR count). The number of allylic oxidation sites excluding steroid dienone is 24. The maximum absolute atomic E-state index is 12.8. The van der Waals surface area contributed by atoms with Gasteiger partial charge in [-0.2, -0.15) is 0 Å². The Kier molecular flexibility index (Phi) is 52.1. The molecule has 69 heavy (non-hydrogen) atoms. The number of rotatable bonds is 47. The van der Waals surface area contributed by atoms with Crippen molar-refractivity contribution in [3.8, 4) is 0 Å². The molecule has 0 aromatic rings. The number of hydrogen-bond acceptors (Lipinski definition) is 6. The fourth-order valence-electron chi connectivity index (χ4n) is 6.84. The Morgan fingerprint density at radius 1 is 0.319 bits per heavy atom. The fourth-order valence-corrected chi connectivity index (χ4v) is 6.84. The highest BCUT2D eigenvalue weighted by Gasteiger charge is 2.19. The molecular weight excluding hydrogens is 853 g/mol. The van der Waals surface area contributed by atoms with Gasteiger partial charge in [0.15, 0.2) is 6.10 Å². The molecule has 0 bridgehead atoms. The molecule has 0 amide bonds. The quantitative estimate of drug-likeness (QED) is 0.0199. The summed E-state index contributed by atoms with van der Waals surface area (Å²) in [4.78, 5) is 38.1. The van der Waals surface area contributed by atoms with Gasteiger partial charge in [0, 0.05) is 19.3 Å². The summed E-state index contributed by atoms with van der Waals surface area (Å²) in [6.45, 7) is 6.31. The first kappa shape index (κ1) is 64.3. The molecule has 1 atom stereocenters. The van der Waals surface area contributed by atoms with E-state index in [4.69, 9.17) is 14.2 Å². The van der Waals surface area contributed by atoms with Gasteiger partial charge < -0.3 is 14.2 Å². The fraction of sp³-hybridized carbons (Fsp3) is 0.571. The molecule has 0 fully saturated rings. The average Bonchev–Trinajstić information content (AvgIpc) is 3.35. The van der Waals surface area contributed by atoms with Crippen molar-refractivity contribution in [1.29, 1.82) is 0 Å². The highest BCUT2D eigenvalue weighted by Crippen LogP contribution is 2.12. The number of carbonyl (C=O) groups excluding carboxylic acids is 3. The molecule has 0 saturated carbocycles. The molecule has 0 aliphatic heterocycles. The lowest BCUT2D eigenvalue weighted by atomic mass is 10.1. The zero-order chi connectivity index (χ0) is 50.0. The van der Waals surface area contributed by atoms with E-state index < -0.39 is 6.10 Å². The van der Waals surface area contributed by atoms with E-state index in [0.717, 1.165) is 116 Å². The third kappa shape index (κ3) is 54.1. The number of carbonyl (C=O) groups is 3. The third-order valence-corrected chi connectivity index (χ3v) is 10.9. The minimum atomic E-state index is -0.835. The number of esters is 3. The van der Waals surface area contributed by atoms with Gasteiger partial charge in [-0.25, -0.2) is 0 Å². The molecule has 0 aromatic heterocycles. The molecule has 6 nitrogen and oxygen atoms in total. The molecule has 1 unspecified atom stereocenters. The van der Waals surface area contributed by atoms with E-state index in [9.17, 15) is 14.4 Å². The van der Waals surface area contributed by atoms with Crippen molar-refractivity contribution in [3.63, 3.8) is 0 Å². The average molecular weight is 951 g/mol. The van der Waals surface area contributed by atoms with Crippen molar-refractivity contribution in [2.75, 3.05) is 13.2 Å². The topological polar surface area (TPSA) is 78.9 Å². The molecule has 0 aliphatic carbocycles. The van der Waals surface area contributed by atoms with Crippen LogP contribution in [-0.4, -0.2) is 37.2 Å². The van der Waals surface area contributed by atoms with Crippen LogP contribution in [0, 0.1) is 0 Å². The Hall–Kier alpha value is -4.71. The van der Waals surface area contributed by atoms with E-state index in [2.05, 4.69) is 118 Å². The van der Waals surface area contributed by atoms with E-state index in [-0.39, 0.29) is 44.0 Å². The Bertz CT molecular complexity index is 1560. The van der Waals surface area contributed by atoms with Crippen LogP contribution in [0.3, 0.4) is 0 Å². The van der Waals surface area contributed by atoms with E-state index >= 15 is 0 Å². The van der Waals surface area contributed by atoms with Crippen LogP contribution < -0.4 is 0 Å². The first-order valence-corrected chi connectivity index (χ1v) is 27.4. The van der Waals surface area contributed by atoms with Crippen molar-refractivity contribution < 1.29 is 28.6 Å². The van der Waals surface area contributed by atoms with Gasteiger partial charge in [-0.15, -0.1) is 0 Å². The summed E-state index contributed by atoms with van der Waals surface area (Å²) >= 11 is 0. The Morgan fingerprint density at radius 2 is 0.681 bits per heavy atom. The smallest absolute Gasteiger partial charge is 0.306 e. The standard InChI is InChI=1S/C63H98O6/c1-4-7-10-13-16-19-22-25-28-30-32-34-35-38-41-44-47-50-53-56-62(65)68-59-60(58-67-61(64)55-52-49-46-43-40-37-27-24-21-18-15-12-9-6-3)69-63(66)57-54-51-48-45-42-39-36-33-31-29-26-23-20-17-14-11-8-5-2/h7,10-11,14,16-17,19-20,23,25-26,28-29,31-34,36-38,40-41,47,50,60H,4-6,8-9,12-13,15,18,21-22,24,27,30,35,39,42-46,48-49,51-59H2,1-3H3/b10-7-,14-11-,19-16-,20-17-,26-23-,28-25-,31-29-,34-32-,36-33-,40-37-,41-38-,50-47-.